The fourth-order valence-corrected chi connectivity index (χ4v) is 2.93. The highest BCUT2D eigenvalue weighted by Gasteiger charge is 2.33. The van der Waals surface area contributed by atoms with E-state index in [4.69, 9.17) is 5.11 Å². The van der Waals surface area contributed by atoms with Crippen molar-refractivity contribution in [2.75, 3.05) is 32.9 Å². The molecule has 0 radical (unpaired) electrons. The van der Waals surface area contributed by atoms with Gasteiger partial charge in [-0.25, -0.2) is 14.0 Å². The Bertz CT molecular complexity index is 440. The van der Waals surface area contributed by atoms with Crippen molar-refractivity contribution < 1.29 is 23.9 Å². The molecule has 0 aromatic heterocycles. The van der Waals surface area contributed by atoms with E-state index in [1.807, 2.05) is 0 Å². The Labute approximate surface area is 128 Å². The van der Waals surface area contributed by atoms with Crippen molar-refractivity contribution in [1.82, 2.24) is 15.1 Å². The molecular formula is C14H22FN3O4. The van der Waals surface area contributed by atoms with E-state index >= 15 is 0 Å². The predicted octanol–water partition coefficient (Wildman–Crippen LogP) is 0.453. The molecule has 3 amide bonds. The summed E-state index contributed by atoms with van der Waals surface area (Å²) in [6, 6.07) is -1.58. The Balaban J connectivity index is 1.90. The number of carboxylic acid groups (broad SMARTS) is 1. The van der Waals surface area contributed by atoms with Gasteiger partial charge in [0.25, 0.3) is 0 Å². The maximum atomic E-state index is 12.6. The first-order valence-electron chi connectivity index (χ1n) is 7.66. The number of piperidine rings is 1. The van der Waals surface area contributed by atoms with E-state index in [9.17, 15) is 18.8 Å². The van der Waals surface area contributed by atoms with Gasteiger partial charge in [-0.15, -0.1) is 0 Å². The van der Waals surface area contributed by atoms with Crippen molar-refractivity contribution in [3.8, 4) is 0 Å². The molecule has 2 heterocycles. The highest BCUT2D eigenvalue weighted by molar-refractivity contribution is 5.86. The molecule has 2 aliphatic heterocycles. The number of rotatable bonds is 4. The summed E-state index contributed by atoms with van der Waals surface area (Å²) in [7, 11) is 0. The van der Waals surface area contributed by atoms with Gasteiger partial charge in [0.1, 0.15) is 6.67 Å². The summed E-state index contributed by atoms with van der Waals surface area (Å²) in [5.41, 5.74) is 0. The van der Waals surface area contributed by atoms with Crippen LogP contribution < -0.4 is 5.32 Å². The number of urea groups is 1. The normalized spacial score (nSPS) is 23.2. The molecule has 124 valence electrons. The first-order valence-corrected chi connectivity index (χ1v) is 7.66. The topological polar surface area (TPSA) is 90.0 Å². The number of halogens is 1. The molecule has 2 saturated heterocycles. The quantitative estimate of drug-likeness (QED) is 0.788. The lowest BCUT2D eigenvalue weighted by Crippen LogP contribution is -2.52. The second kappa shape index (κ2) is 7.42. The molecule has 2 atom stereocenters. The Morgan fingerprint density at radius 1 is 1.14 bits per heavy atom. The summed E-state index contributed by atoms with van der Waals surface area (Å²) in [6.07, 6.45) is 3.26. The van der Waals surface area contributed by atoms with E-state index in [0.717, 1.165) is 25.9 Å². The minimum Gasteiger partial charge on any atom is -0.480 e. The van der Waals surface area contributed by atoms with E-state index in [0.29, 0.717) is 19.4 Å². The highest BCUT2D eigenvalue weighted by Crippen LogP contribution is 2.20. The zero-order valence-corrected chi connectivity index (χ0v) is 12.5. The largest absolute Gasteiger partial charge is 0.480 e. The van der Waals surface area contributed by atoms with Crippen molar-refractivity contribution in [2.45, 2.75) is 31.7 Å². The van der Waals surface area contributed by atoms with Crippen molar-refractivity contribution >= 4 is 17.9 Å². The zero-order chi connectivity index (χ0) is 16.1. The van der Waals surface area contributed by atoms with Gasteiger partial charge in [0, 0.05) is 26.2 Å². The van der Waals surface area contributed by atoms with Gasteiger partial charge < -0.3 is 20.2 Å². The van der Waals surface area contributed by atoms with Gasteiger partial charge in [-0.3, -0.25) is 4.79 Å². The number of alkyl halides is 1. The van der Waals surface area contributed by atoms with Crippen molar-refractivity contribution in [1.29, 1.82) is 0 Å². The van der Waals surface area contributed by atoms with Crippen LogP contribution in [0.4, 0.5) is 9.18 Å². The number of likely N-dealkylation sites (tertiary alicyclic amines) is 2. The Morgan fingerprint density at radius 2 is 1.77 bits per heavy atom. The first kappa shape index (κ1) is 16.5. The number of nitrogens with one attached hydrogen (secondary N) is 1. The van der Waals surface area contributed by atoms with Crippen LogP contribution in [0.25, 0.3) is 0 Å². The van der Waals surface area contributed by atoms with Gasteiger partial charge >= 0.3 is 12.0 Å². The molecule has 2 fully saturated rings. The molecule has 2 rings (SSSR count). The van der Waals surface area contributed by atoms with Gasteiger partial charge in [-0.1, -0.05) is 0 Å². The van der Waals surface area contributed by atoms with Crippen LogP contribution in [0.1, 0.15) is 25.7 Å². The Hall–Kier alpha value is -1.86. The van der Waals surface area contributed by atoms with E-state index < -0.39 is 30.5 Å². The maximum absolute atomic E-state index is 12.6. The maximum Gasteiger partial charge on any atom is 0.328 e. The molecule has 0 aromatic rings. The Kier molecular flexibility index (Phi) is 5.57. The fourth-order valence-electron chi connectivity index (χ4n) is 2.93. The summed E-state index contributed by atoms with van der Waals surface area (Å²) in [5.74, 6) is -2.37. The van der Waals surface area contributed by atoms with Crippen molar-refractivity contribution in [3.63, 3.8) is 0 Å². The molecule has 0 aliphatic carbocycles. The van der Waals surface area contributed by atoms with Crippen LogP contribution in [0.15, 0.2) is 0 Å². The third kappa shape index (κ3) is 3.86. The van der Waals surface area contributed by atoms with Crippen LogP contribution >= 0.6 is 0 Å². The van der Waals surface area contributed by atoms with Gasteiger partial charge in [-0.05, 0) is 25.7 Å². The Morgan fingerprint density at radius 3 is 2.36 bits per heavy atom. The molecule has 2 unspecified atom stereocenters. The highest BCUT2D eigenvalue weighted by atomic mass is 19.1. The minimum absolute atomic E-state index is 0.0599. The van der Waals surface area contributed by atoms with Gasteiger partial charge in [0.05, 0.1) is 5.92 Å². The summed E-state index contributed by atoms with van der Waals surface area (Å²) in [5, 5.41) is 11.0. The second-order valence-electron chi connectivity index (χ2n) is 5.82. The number of carbonyl (C=O) groups is 3. The lowest BCUT2D eigenvalue weighted by Gasteiger charge is -2.34. The van der Waals surface area contributed by atoms with Gasteiger partial charge in [0.15, 0.2) is 6.04 Å². The summed E-state index contributed by atoms with van der Waals surface area (Å²) < 4.78 is 12.6. The molecule has 2 N–H and O–H groups in total. The minimum atomic E-state index is -1.52. The molecule has 0 saturated carbocycles. The first-order chi connectivity index (χ1) is 10.5. The molecule has 0 aromatic carbocycles. The number of aliphatic carboxylic acids is 1. The summed E-state index contributed by atoms with van der Waals surface area (Å²) >= 11 is 0. The standard InChI is InChI=1S/C14H22FN3O4/c15-8-11(13(20)21)16-12(19)10-4-3-7-18(9-10)14(22)17-5-1-2-6-17/h10-11H,1-9H2,(H,16,19)(H,20,21). The van der Waals surface area contributed by atoms with Crippen LogP contribution in [0.3, 0.4) is 0 Å². The molecule has 8 heteroatoms. The fraction of sp³-hybridized carbons (Fsp3) is 0.786. The molecule has 2 aliphatic rings. The SMILES string of the molecule is O=C(NC(CF)C(=O)O)C1CCCN(C(=O)N2CCCC2)C1. The van der Waals surface area contributed by atoms with Crippen LogP contribution in [0.2, 0.25) is 0 Å². The summed E-state index contributed by atoms with van der Waals surface area (Å²) in [4.78, 5) is 38.6. The number of carboxylic acids is 1. The lowest BCUT2D eigenvalue weighted by atomic mass is 9.97. The van der Waals surface area contributed by atoms with Gasteiger partial charge in [-0.2, -0.15) is 0 Å². The number of carbonyl (C=O) groups excluding carboxylic acids is 2. The van der Waals surface area contributed by atoms with Crippen LogP contribution in [-0.4, -0.2) is 71.7 Å². The molecule has 0 bridgehead atoms. The van der Waals surface area contributed by atoms with Gasteiger partial charge in [0.2, 0.25) is 5.91 Å². The number of nitrogens with zero attached hydrogens (tertiary/aromatic N) is 2. The van der Waals surface area contributed by atoms with Crippen LogP contribution in [0, 0.1) is 5.92 Å². The van der Waals surface area contributed by atoms with E-state index in [2.05, 4.69) is 5.32 Å². The average molecular weight is 315 g/mol. The molecular weight excluding hydrogens is 293 g/mol. The third-order valence-corrected chi connectivity index (χ3v) is 4.21. The van der Waals surface area contributed by atoms with Crippen molar-refractivity contribution in [2.24, 2.45) is 5.92 Å². The number of hydrogen-bond acceptors (Lipinski definition) is 3. The monoisotopic (exact) mass is 315 g/mol. The van der Waals surface area contributed by atoms with E-state index in [1.165, 1.54) is 0 Å². The van der Waals surface area contributed by atoms with E-state index in [-0.39, 0.29) is 12.6 Å². The predicted molar refractivity (Wildman–Crippen MR) is 76.0 cm³/mol. The molecule has 0 spiro atoms. The van der Waals surface area contributed by atoms with Crippen LogP contribution in [-0.2, 0) is 9.59 Å². The van der Waals surface area contributed by atoms with Crippen molar-refractivity contribution in [3.05, 3.63) is 0 Å². The van der Waals surface area contributed by atoms with Crippen LogP contribution in [0.5, 0.6) is 0 Å². The smallest absolute Gasteiger partial charge is 0.328 e. The lowest BCUT2D eigenvalue weighted by molar-refractivity contribution is -0.143. The zero-order valence-electron chi connectivity index (χ0n) is 12.5. The third-order valence-electron chi connectivity index (χ3n) is 4.21. The number of hydrogen-bond donors (Lipinski definition) is 2. The van der Waals surface area contributed by atoms with E-state index in [1.54, 1.807) is 9.80 Å². The summed E-state index contributed by atoms with van der Waals surface area (Å²) in [6.45, 7) is 1.21. The molecule has 22 heavy (non-hydrogen) atoms. The average Bonchev–Trinajstić information content (AvgIpc) is 3.05. The number of amides is 3. The second-order valence-corrected chi connectivity index (χ2v) is 5.82. The molecule has 7 nitrogen and oxygen atoms in total.